The molecule has 0 spiro atoms. The molecule has 0 heterocycles. The summed E-state index contributed by atoms with van der Waals surface area (Å²) in [4.78, 5) is 10.4. The quantitative estimate of drug-likeness (QED) is 0.684. The first-order chi connectivity index (χ1) is 8.47. The number of aliphatic hydroxyl groups is 1. The minimum Gasteiger partial charge on any atom is -0.481 e. The number of nitrogens with one attached hydrogen (secondary N) is 1. The second-order valence-electron chi connectivity index (χ2n) is 4.39. The first-order valence-electron chi connectivity index (χ1n) is 5.85. The van der Waals surface area contributed by atoms with Gasteiger partial charge in [-0.3, -0.25) is 4.79 Å². The number of hydrogen-bond donors (Lipinski definition) is 3. The molecule has 2 unspecified atom stereocenters. The molecule has 0 aliphatic rings. The molecule has 0 fully saturated rings. The third-order valence-corrected chi connectivity index (χ3v) is 2.57. The van der Waals surface area contributed by atoms with Gasteiger partial charge in [-0.25, -0.2) is 4.39 Å². The Hall–Kier alpha value is -1.46. The van der Waals surface area contributed by atoms with Gasteiger partial charge in [0.15, 0.2) is 0 Å². The summed E-state index contributed by atoms with van der Waals surface area (Å²) >= 11 is 0. The van der Waals surface area contributed by atoms with Crippen LogP contribution in [-0.2, 0) is 11.2 Å². The van der Waals surface area contributed by atoms with Gasteiger partial charge < -0.3 is 15.5 Å². The molecule has 18 heavy (non-hydrogen) atoms. The fourth-order valence-corrected chi connectivity index (χ4v) is 1.66. The maximum absolute atomic E-state index is 12.7. The molecule has 2 atom stereocenters. The van der Waals surface area contributed by atoms with Crippen molar-refractivity contribution in [1.29, 1.82) is 0 Å². The number of rotatable bonds is 7. The van der Waals surface area contributed by atoms with Crippen molar-refractivity contribution in [3.63, 3.8) is 0 Å². The van der Waals surface area contributed by atoms with E-state index in [2.05, 4.69) is 5.32 Å². The Kier molecular flexibility index (Phi) is 5.74. The lowest BCUT2D eigenvalue weighted by molar-refractivity contribution is -0.139. The number of hydrogen-bond acceptors (Lipinski definition) is 3. The maximum atomic E-state index is 12.7. The van der Waals surface area contributed by atoms with Crippen LogP contribution >= 0.6 is 0 Å². The zero-order chi connectivity index (χ0) is 13.5. The fraction of sp³-hybridized carbons (Fsp3) is 0.462. The van der Waals surface area contributed by atoms with Crippen molar-refractivity contribution >= 4 is 5.97 Å². The highest BCUT2D eigenvalue weighted by Gasteiger charge is 2.11. The molecule has 5 heteroatoms. The molecule has 0 aliphatic carbocycles. The normalized spacial score (nSPS) is 14.2. The van der Waals surface area contributed by atoms with E-state index in [0.29, 0.717) is 6.42 Å². The minimum absolute atomic E-state index is 0.0823. The van der Waals surface area contributed by atoms with Gasteiger partial charge in [0.2, 0.25) is 0 Å². The molecule has 1 rings (SSSR count). The van der Waals surface area contributed by atoms with Crippen molar-refractivity contribution in [1.82, 2.24) is 5.32 Å². The Morgan fingerprint density at radius 3 is 2.56 bits per heavy atom. The van der Waals surface area contributed by atoms with Crippen molar-refractivity contribution in [3.8, 4) is 0 Å². The topological polar surface area (TPSA) is 69.6 Å². The van der Waals surface area contributed by atoms with Crippen LogP contribution in [0.15, 0.2) is 24.3 Å². The molecule has 1 aromatic carbocycles. The van der Waals surface area contributed by atoms with Crippen LogP contribution in [0.5, 0.6) is 0 Å². The summed E-state index contributed by atoms with van der Waals surface area (Å²) in [5.74, 6) is -1.29. The summed E-state index contributed by atoms with van der Waals surface area (Å²) in [6, 6.07) is 6.31. The van der Waals surface area contributed by atoms with E-state index in [9.17, 15) is 14.3 Å². The highest BCUT2D eigenvalue weighted by Crippen LogP contribution is 2.05. The Morgan fingerprint density at radius 2 is 2.00 bits per heavy atom. The van der Waals surface area contributed by atoms with Gasteiger partial charge >= 0.3 is 5.97 Å². The number of carboxylic acid groups (broad SMARTS) is 1. The lowest BCUT2D eigenvalue weighted by Gasteiger charge is -2.16. The molecule has 100 valence electrons. The molecular weight excluding hydrogens is 237 g/mol. The summed E-state index contributed by atoms with van der Waals surface area (Å²) in [7, 11) is 0. The van der Waals surface area contributed by atoms with Gasteiger partial charge in [0, 0.05) is 12.6 Å². The van der Waals surface area contributed by atoms with Crippen molar-refractivity contribution in [2.24, 2.45) is 0 Å². The van der Waals surface area contributed by atoms with Gasteiger partial charge in [-0.1, -0.05) is 12.1 Å². The van der Waals surface area contributed by atoms with Crippen LogP contribution in [0.1, 0.15) is 18.9 Å². The SMILES string of the molecule is CC(Cc1ccc(F)cc1)NCC(O)CC(=O)O. The van der Waals surface area contributed by atoms with E-state index in [1.807, 2.05) is 6.92 Å². The monoisotopic (exact) mass is 255 g/mol. The fourth-order valence-electron chi connectivity index (χ4n) is 1.66. The van der Waals surface area contributed by atoms with Gasteiger partial charge in [-0.2, -0.15) is 0 Å². The Balaban J connectivity index is 2.31. The summed E-state index contributed by atoms with van der Waals surface area (Å²) in [6.45, 7) is 2.16. The van der Waals surface area contributed by atoms with E-state index in [4.69, 9.17) is 5.11 Å². The molecule has 1 aromatic rings. The predicted octanol–water partition coefficient (Wildman–Crippen LogP) is 1.18. The third kappa shape index (κ3) is 5.75. The summed E-state index contributed by atoms with van der Waals surface area (Å²) in [6.07, 6.45) is -0.464. The second-order valence-corrected chi connectivity index (χ2v) is 4.39. The zero-order valence-corrected chi connectivity index (χ0v) is 10.3. The first-order valence-corrected chi connectivity index (χ1v) is 5.85. The Morgan fingerprint density at radius 1 is 1.39 bits per heavy atom. The molecule has 0 saturated carbocycles. The number of benzene rings is 1. The lowest BCUT2D eigenvalue weighted by Crippen LogP contribution is -2.35. The smallest absolute Gasteiger partial charge is 0.306 e. The van der Waals surface area contributed by atoms with E-state index in [1.54, 1.807) is 12.1 Å². The van der Waals surface area contributed by atoms with E-state index in [0.717, 1.165) is 5.56 Å². The number of halogens is 1. The standard InChI is InChI=1S/C13H18FNO3/c1-9(15-8-12(16)7-13(17)18)6-10-2-4-11(14)5-3-10/h2-5,9,12,15-16H,6-8H2,1H3,(H,17,18). The van der Waals surface area contributed by atoms with E-state index < -0.39 is 12.1 Å². The molecule has 3 N–H and O–H groups in total. The van der Waals surface area contributed by atoms with Gasteiger partial charge in [0.25, 0.3) is 0 Å². The molecule has 0 radical (unpaired) electrons. The number of aliphatic hydroxyl groups excluding tert-OH is 1. The van der Waals surface area contributed by atoms with Crippen LogP contribution in [0, 0.1) is 5.82 Å². The van der Waals surface area contributed by atoms with Gasteiger partial charge in [0.1, 0.15) is 5.82 Å². The average Bonchev–Trinajstić information content (AvgIpc) is 2.29. The first kappa shape index (κ1) is 14.6. The summed E-state index contributed by atoms with van der Waals surface area (Å²) in [5.41, 5.74) is 0.990. The number of aliphatic carboxylic acids is 1. The minimum atomic E-state index is -1.02. The van der Waals surface area contributed by atoms with Crippen molar-refractivity contribution in [2.75, 3.05) is 6.54 Å². The number of carboxylic acids is 1. The van der Waals surface area contributed by atoms with Crippen molar-refractivity contribution in [3.05, 3.63) is 35.6 Å². The van der Waals surface area contributed by atoms with Crippen molar-refractivity contribution < 1.29 is 19.4 Å². The van der Waals surface area contributed by atoms with E-state index >= 15 is 0 Å². The van der Waals surface area contributed by atoms with Crippen LogP contribution in [0.25, 0.3) is 0 Å². The molecule has 0 saturated heterocycles. The summed E-state index contributed by atoms with van der Waals surface area (Å²) in [5, 5.41) is 20.9. The van der Waals surface area contributed by atoms with Crippen LogP contribution in [-0.4, -0.2) is 34.9 Å². The lowest BCUT2D eigenvalue weighted by atomic mass is 10.1. The molecule has 4 nitrogen and oxygen atoms in total. The average molecular weight is 255 g/mol. The maximum Gasteiger partial charge on any atom is 0.306 e. The second kappa shape index (κ2) is 7.08. The Labute approximate surface area is 105 Å². The van der Waals surface area contributed by atoms with Crippen LogP contribution in [0.2, 0.25) is 0 Å². The van der Waals surface area contributed by atoms with Gasteiger partial charge in [-0.15, -0.1) is 0 Å². The zero-order valence-electron chi connectivity index (χ0n) is 10.3. The molecule has 0 aromatic heterocycles. The molecule has 0 bridgehead atoms. The molecular formula is C13H18FNO3. The molecule has 0 aliphatic heterocycles. The number of carbonyl (C=O) groups is 1. The Bertz CT molecular complexity index is 380. The largest absolute Gasteiger partial charge is 0.481 e. The molecule has 0 amide bonds. The van der Waals surface area contributed by atoms with Crippen LogP contribution < -0.4 is 5.32 Å². The van der Waals surface area contributed by atoms with Gasteiger partial charge in [-0.05, 0) is 31.0 Å². The van der Waals surface area contributed by atoms with Crippen molar-refractivity contribution in [2.45, 2.75) is 31.9 Å². The van der Waals surface area contributed by atoms with Gasteiger partial charge in [0.05, 0.1) is 12.5 Å². The highest BCUT2D eigenvalue weighted by atomic mass is 19.1. The van der Waals surface area contributed by atoms with Crippen LogP contribution in [0.3, 0.4) is 0 Å². The predicted molar refractivity (Wildman–Crippen MR) is 65.8 cm³/mol. The van der Waals surface area contributed by atoms with E-state index in [1.165, 1.54) is 12.1 Å². The summed E-state index contributed by atoms with van der Waals surface area (Å²) < 4.78 is 12.7. The van der Waals surface area contributed by atoms with Crippen LogP contribution in [0.4, 0.5) is 4.39 Å². The third-order valence-electron chi connectivity index (χ3n) is 2.57. The highest BCUT2D eigenvalue weighted by molar-refractivity contribution is 5.67. The van der Waals surface area contributed by atoms with E-state index in [-0.39, 0.29) is 24.8 Å².